The number of hydrogen-bond acceptors (Lipinski definition) is 2. The predicted molar refractivity (Wildman–Crippen MR) is 36.5 cm³/mol. The first-order valence-electron chi connectivity index (χ1n) is 2.26. The molecule has 1 nitrogen and oxygen atoms in total. The lowest BCUT2D eigenvalue weighted by molar-refractivity contribution is 0.313. The quantitative estimate of drug-likeness (QED) is 0.548. The highest BCUT2D eigenvalue weighted by molar-refractivity contribution is 7.94. The summed E-state index contributed by atoms with van der Waals surface area (Å²) >= 11 is 4.58. The first kappa shape index (κ1) is 7.48. The molecule has 42 valence electrons. The van der Waals surface area contributed by atoms with Gasteiger partial charge in [0.15, 0.2) is 11.8 Å². The van der Waals surface area contributed by atoms with Gasteiger partial charge in [-0.15, -0.1) is 0 Å². The van der Waals surface area contributed by atoms with Crippen molar-refractivity contribution in [2.45, 2.75) is 13.8 Å². The largest absolute Gasteiger partial charge is 0.322 e. The summed E-state index contributed by atoms with van der Waals surface area (Å²) in [6.45, 7) is 5.02. The van der Waals surface area contributed by atoms with Gasteiger partial charge in [-0.1, -0.05) is 13.8 Å². The van der Waals surface area contributed by atoms with E-state index in [0.717, 1.165) is 6.61 Å². The van der Waals surface area contributed by atoms with E-state index in [1.807, 2.05) is 0 Å². The first-order valence-corrected chi connectivity index (χ1v) is 4.30. The van der Waals surface area contributed by atoms with Gasteiger partial charge in [0, 0.05) is 0 Å². The van der Waals surface area contributed by atoms with Crippen molar-refractivity contribution in [3.05, 3.63) is 0 Å². The maximum absolute atomic E-state index is 4.94. The van der Waals surface area contributed by atoms with Gasteiger partial charge in [-0.05, 0) is 5.92 Å². The van der Waals surface area contributed by atoms with Crippen LogP contribution in [0.2, 0.25) is 0 Å². The second-order valence-electron chi connectivity index (χ2n) is 1.79. The average molecular weight is 137 g/mol. The molecule has 0 heterocycles. The normalized spacial score (nSPS) is 10.7. The van der Waals surface area contributed by atoms with E-state index in [4.69, 9.17) is 4.52 Å². The lowest BCUT2D eigenvalue weighted by atomic mass is 10.2. The van der Waals surface area contributed by atoms with E-state index < -0.39 is 0 Å². The smallest absolute Gasteiger partial charge is 0.170 e. The van der Waals surface area contributed by atoms with Crippen LogP contribution in [0.5, 0.6) is 0 Å². The average Bonchev–Trinajstić information content (AvgIpc) is 1.61. The second kappa shape index (κ2) is 4.63. The van der Waals surface area contributed by atoms with Gasteiger partial charge in [-0.2, -0.15) is 4.52 Å². The van der Waals surface area contributed by atoms with Crippen LogP contribution >= 0.6 is 7.58 Å². The number of hydrogen-bond donors (Lipinski definition) is 0. The van der Waals surface area contributed by atoms with Crippen LogP contribution in [0, 0.1) is 5.92 Å². The van der Waals surface area contributed by atoms with Gasteiger partial charge in [-0.3, -0.25) is 0 Å². The predicted octanol–water partition coefficient (Wildman–Crippen LogP) is 1.71. The molecule has 3 heteroatoms. The summed E-state index contributed by atoms with van der Waals surface area (Å²) in [5, 5.41) is 0. The van der Waals surface area contributed by atoms with Gasteiger partial charge in [0.05, 0.1) is 0 Å². The van der Waals surface area contributed by atoms with Crippen molar-refractivity contribution < 1.29 is 4.52 Å². The van der Waals surface area contributed by atoms with E-state index in [1.54, 1.807) is 0 Å². The summed E-state index contributed by atoms with van der Waals surface area (Å²) in [6, 6.07) is 0. The molecule has 0 aromatic carbocycles. The molecule has 0 fully saturated rings. The third-order valence-electron chi connectivity index (χ3n) is 0.476. The Morgan fingerprint density at radius 1 is 1.71 bits per heavy atom. The Morgan fingerprint density at radius 3 is 2.43 bits per heavy atom. The van der Waals surface area contributed by atoms with Crippen LogP contribution in [0.15, 0.2) is 0 Å². The molecule has 0 aromatic rings. The molecule has 0 N–H and O–H groups in total. The topological polar surface area (TPSA) is 9.23 Å². The Kier molecular flexibility index (Phi) is 4.95. The molecule has 7 heavy (non-hydrogen) atoms. The van der Waals surface area contributed by atoms with Gasteiger partial charge < -0.3 is 0 Å². The maximum atomic E-state index is 4.94. The molecule has 0 aliphatic carbocycles. The summed E-state index contributed by atoms with van der Waals surface area (Å²) in [6.07, 6.45) is 0. The fourth-order valence-corrected chi connectivity index (χ4v) is 0.806. The van der Waals surface area contributed by atoms with E-state index in [1.165, 1.54) is 0 Å². The highest BCUT2D eigenvalue weighted by Gasteiger charge is 1.93. The van der Waals surface area contributed by atoms with Crippen LogP contribution in [0.1, 0.15) is 13.8 Å². The molecular weight excluding hydrogens is 127 g/mol. The molecule has 1 unspecified atom stereocenters. The van der Waals surface area contributed by atoms with Crippen molar-refractivity contribution in [1.82, 2.24) is 0 Å². The van der Waals surface area contributed by atoms with Gasteiger partial charge in [-0.25, -0.2) is 0 Å². The van der Waals surface area contributed by atoms with Crippen LogP contribution < -0.4 is 0 Å². The Bertz CT molecular complexity index is 55.7. The molecule has 0 saturated carbocycles. The van der Waals surface area contributed by atoms with Crippen molar-refractivity contribution in [2.75, 3.05) is 6.61 Å². The lowest BCUT2D eigenvalue weighted by Gasteiger charge is -1.92. The fourth-order valence-electron chi connectivity index (χ4n) is 0.201. The van der Waals surface area contributed by atoms with Crippen molar-refractivity contribution in [1.29, 1.82) is 0 Å². The Labute approximate surface area is 51.0 Å². The molecular formula is C4H10OPS+. The van der Waals surface area contributed by atoms with Gasteiger partial charge in [0.1, 0.15) is 6.61 Å². The summed E-state index contributed by atoms with van der Waals surface area (Å²) in [7, 11) is 0.234. The fraction of sp³-hybridized carbons (Fsp3) is 1.00. The Balaban J connectivity index is 2.81. The summed E-state index contributed by atoms with van der Waals surface area (Å²) < 4.78 is 4.94. The van der Waals surface area contributed by atoms with Crippen LogP contribution in [0.25, 0.3) is 0 Å². The third kappa shape index (κ3) is 6.48. The molecule has 0 saturated heterocycles. The molecule has 1 atom stereocenters. The zero-order valence-electron chi connectivity index (χ0n) is 4.60. The third-order valence-corrected chi connectivity index (χ3v) is 1.11. The monoisotopic (exact) mass is 137 g/mol. The van der Waals surface area contributed by atoms with Crippen LogP contribution in [-0.2, 0) is 16.3 Å². The molecule has 0 rings (SSSR count). The van der Waals surface area contributed by atoms with E-state index in [2.05, 4.69) is 25.7 Å². The van der Waals surface area contributed by atoms with Crippen LogP contribution in [0.4, 0.5) is 0 Å². The van der Waals surface area contributed by atoms with E-state index in [-0.39, 0.29) is 7.58 Å². The molecule has 0 amide bonds. The summed E-state index contributed by atoms with van der Waals surface area (Å²) in [5.74, 6) is 0.621. The molecule has 0 radical (unpaired) electrons. The maximum Gasteiger partial charge on any atom is 0.322 e. The molecule has 0 bridgehead atoms. The van der Waals surface area contributed by atoms with E-state index in [9.17, 15) is 0 Å². The van der Waals surface area contributed by atoms with Crippen LogP contribution in [0.3, 0.4) is 0 Å². The van der Waals surface area contributed by atoms with Gasteiger partial charge in [0.25, 0.3) is 0 Å². The Hall–Kier alpha value is 0.480. The van der Waals surface area contributed by atoms with Gasteiger partial charge >= 0.3 is 7.58 Å². The highest BCUT2D eigenvalue weighted by atomic mass is 32.4. The minimum absolute atomic E-state index is 0.234. The second-order valence-corrected chi connectivity index (χ2v) is 2.74. The standard InChI is InChI=1S/C4H9OPS/c1-4(2)3-5-6-7/h4H,3H2,1-2H3/p+1. The Morgan fingerprint density at radius 2 is 2.29 bits per heavy atom. The minimum atomic E-state index is 0.234. The van der Waals surface area contributed by atoms with Crippen LogP contribution in [-0.4, -0.2) is 6.61 Å². The van der Waals surface area contributed by atoms with Gasteiger partial charge in [0.2, 0.25) is 0 Å². The number of rotatable bonds is 3. The molecule has 0 aromatic heterocycles. The summed E-state index contributed by atoms with van der Waals surface area (Å²) in [4.78, 5) is 0. The van der Waals surface area contributed by atoms with Crippen molar-refractivity contribution in [3.63, 3.8) is 0 Å². The van der Waals surface area contributed by atoms with Crippen molar-refractivity contribution in [2.24, 2.45) is 5.92 Å². The van der Waals surface area contributed by atoms with Crippen molar-refractivity contribution in [3.8, 4) is 0 Å². The minimum Gasteiger partial charge on any atom is -0.170 e. The van der Waals surface area contributed by atoms with Crippen molar-refractivity contribution >= 4 is 19.4 Å². The zero-order chi connectivity index (χ0) is 5.70. The lowest BCUT2D eigenvalue weighted by Crippen LogP contribution is -1.93. The summed E-state index contributed by atoms with van der Waals surface area (Å²) in [5.41, 5.74) is 0. The SMILES string of the molecule is CC(C)CO[PH+]=S. The molecule has 0 aliphatic heterocycles. The molecule has 0 spiro atoms. The van der Waals surface area contributed by atoms with E-state index >= 15 is 0 Å². The highest BCUT2D eigenvalue weighted by Crippen LogP contribution is 1.99. The van der Waals surface area contributed by atoms with E-state index in [0.29, 0.717) is 5.92 Å². The molecule has 0 aliphatic rings. The zero-order valence-corrected chi connectivity index (χ0v) is 6.42. The first-order chi connectivity index (χ1) is 3.27.